The van der Waals surface area contributed by atoms with Crippen LogP contribution in [0.2, 0.25) is 5.02 Å². The van der Waals surface area contributed by atoms with E-state index in [1.54, 1.807) is 20.1 Å². The lowest BCUT2D eigenvalue weighted by atomic mass is 10.2. The zero-order valence-electron chi connectivity index (χ0n) is 10.4. The molecule has 19 heavy (non-hydrogen) atoms. The van der Waals surface area contributed by atoms with Crippen molar-refractivity contribution in [3.8, 4) is 33.4 Å². The molecule has 4 nitrogen and oxygen atoms in total. The Morgan fingerprint density at radius 1 is 1.37 bits per heavy atom. The third-order valence-electron chi connectivity index (χ3n) is 2.25. The predicted molar refractivity (Wildman–Crippen MR) is 75.9 cm³/mol. The Bertz CT molecular complexity index is 631. The molecule has 0 spiro atoms. The molecule has 0 fully saturated rings. The Balaban J connectivity index is 2.19. The van der Waals surface area contributed by atoms with Crippen molar-refractivity contribution in [3.63, 3.8) is 0 Å². The normalized spacial score (nSPS) is 9.63. The quantitative estimate of drug-likeness (QED) is 0.812. The Kier molecular flexibility index (Phi) is 4.61. The van der Waals surface area contributed by atoms with Gasteiger partial charge in [-0.1, -0.05) is 40.0 Å². The number of ether oxygens (including phenoxy) is 2. The van der Waals surface area contributed by atoms with Crippen LogP contribution in [-0.4, -0.2) is 23.9 Å². The van der Waals surface area contributed by atoms with E-state index in [1.165, 1.54) is 11.3 Å². The van der Waals surface area contributed by atoms with Crippen molar-refractivity contribution in [2.45, 2.75) is 6.92 Å². The van der Waals surface area contributed by atoms with Gasteiger partial charge in [0.1, 0.15) is 5.75 Å². The van der Waals surface area contributed by atoms with Gasteiger partial charge in [-0.15, -0.1) is 11.0 Å². The molecule has 2 aromatic rings. The second-order valence-corrected chi connectivity index (χ2v) is 4.79. The van der Waals surface area contributed by atoms with Gasteiger partial charge < -0.3 is 9.47 Å². The first kappa shape index (κ1) is 13.7. The summed E-state index contributed by atoms with van der Waals surface area (Å²) in [4.78, 5) is 0. The average molecular weight is 295 g/mol. The van der Waals surface area contributed by atoms with Crippen LogP contribution in [0.1, 0.15) is 6.92 Å². The molecule has 0 aliphatic heterocycles. The van der Waals surface area contributed by atoms with Gasteiger partial charge in [0, 0.05) is 5.56 Å². The lowest BCUT2D eigenvalue weighted by Crippen LogP contribution is -1.92. The Hall–Kier alpha value is -1.77. The van der Waals surface area contributed by atoms with Crippen LogP contribution < -0.4 is 9.47 Å². The highest BCUT2D eigenvalue weighted by molar-refractivity contribution is 7.16. The number of aromatic nitrogens is 2. The molecule has 0 aliphatic carbocycles. The van der Waals surface area contributed by atoms with E-state index < -0.39 is 0 Å². The summed E-state index contributed by atoms with van der Waals surface area (Å²) in [7, 11) is 1.57. The highest BCUT2D eigenvalue weighted by Gasteiger charge is 2.10. The lowest BCUT2D eigenvalue weighted by Gasteiger charge is -2.03. The second-order valence-electron chi connectivity index (χ2n) is 3.44. The van der Waals surface area contributed by atoms with Gasteiger partial charge in [0.25, 0.3) is 5.19 Å². The van der Waals surface area contributed by atoms with Gasteiger partial charge in [0.2, 0.25) is 0 Å². The van der Waals surface area contributed by atoms with Crippen molar-refractivity contribution >= 4 is 22.9 Å². The molecule has 1 aromatic heterocycles. The van der Waals surface area contributed by atoms with Gasteiger partial charge in [-0.25, -0.2) is 0 Å². The number of hydrogen-bond acceptors (Lipinski definition) is 5. The summed E-state index contributed by atoms with van der Waals surface area (Å²) in [5.41, 5.74) is 0.884. The molecule has 0 saturated heterocycles. The molecule has 0 saturated carbocycles. The van der Waals surface area contributed by atoms with Crippen LogP contribution in [0.25, 0.3) is 10.6 Å². The zero-order chi connectivity index (χ0) is 13.7. The van der Waals surface area contributed by atoms with Crippen LogP contribution in [-0.2, 0) is 0 Å². The number of rotatable bonds is 4. The fourth-order valence-electron chi connectivity index (χ4n) is 1.35. The van der Waals surface area contributed by atoms with Gasteiger partial charge in [-0.2, -0.15) is 0 Å². The van der Waals surface area contributed by atoms with E-state index in [2.05, 4.69) is 22.0 Å². The molecule has 6 heteroatoms. The summed E-state index contributed by atoms with van der Waals surface area (Å²) in [6.45, 7) is 2.07. The molecule has 98 valence electrons. The minimum absolute atomic E-state index is 0.315. The number of methoxy groups -OCH3 is 1. The summed E-state index contributed by atoms with van der Waals surface area (Å²) in [5, 5.41) is 9.81. The van der Waals surface area contributed by atoms with Gasteiger partial charge in [0.15, 0.2) is 11.6 Å². The van der Waals surface area contributed by atoms with Crippen molar-refractivity contribution in [2.24, 2.45) is 0 Å². The highest BCUT2D eigenvalue weighted by Crippen LogP contribution is 2.33. The summed E-state index contributed by atoms with van der Waals surface area (Å²) >= 11 is 7.33. The maximum atomic E-state index is 5.98. The highest BCUT2D eigenvalue weighted by atomic mass is 35.5. The first-order valence-corrected chi connectivity index (χ1v) is 6.64. The molecule has 0 N–H and O–H groups in total. The lowest BCUT2D eigenvalue weighted by molar-refractivity contribution is 0.364. The van der Waals surface area contributed by atoms with Crippen LogP contribution in [0.5, 0.6) is 10.9 Å². The van der Waals surface area contributed by atoms with Gasteiger partial charge >= 0.3 is 0 Å². The van der Waals surface area contributed by atoms with Gasteiger partial charge in [0.05, 0.1) is 12.1 Å². The number of benzene rings is 1. The zero-order valence-corrected chi connectivity index (χ0v) is 12.0. The third kappa shape index (κ3) is 3.37. The molecule has 0 unspecified atom stereocenters. The fourth-order valence-corrected chi connectivity index (χ4v) is 2.23. The van der Waals surface area contributed by atoms with Gasteiger partial charge in [-0.05, 0) is 19.1 Å². The minimum Gasteiger partial charge on any atom is -0.495 e. The first-order chi connectivity index (χ1) is 9.24. The molecule has 0 bridgehead atoms. The summed E-state index contributed by atoms with van der Waals surface area (Å²) in [6.07, 6.45) is 0. The number of halogens is 1. The molecule has 0 radical (unpaired) electrons. The van der Waals surface area contributed by atoms with Crippen molar-refractivity contribution in [1.29, 1.82) is 0 Å². The van der Waals surface area contributed by atoms with Crippen molar-refractivity contribution in [2.75, 3.05) is 13.7 Å². The Morgan fingerprint density at radius 2 is 2.21 bits per heavy atom. The average Bonchev–Trinajstić information content (AvgIpc) is 2.88. The maximum absolute atomic E-state index is 5.98. The van der Waals surface area contributed by atoms with E-state index in [4.69, 9.17) is 21.1 Å². The molecule has 0 aliphatic rings. The van der Waals surface area contributed by atoms with E-state index in [0.29, 0.717) is 22.6 Å². The second kappa shape index (κ2) is 6.41. The smallest absolute Gasteiger partial charge is 0.295 e. The maximum Gasteiger partial charge on any atom is 0.295 e. The molecule has 2 rings (SSSR count). The minimum atomic E-state index is 0.315. The van der Waals surface area contributed by atoms with Crippen LogP contribution >= 0.6 is 22.9 Å². The predicted octanol–water partition coefficient (Wildman–Crippen LogP) is 3.27. The molecule has 0 atom stereocenters. The Morgan fingerprint density at radius 3 is 2.95 bits per heavy atom. The SMILES string of the molecule is CC#CCOc1nnc(-c2ccc(Cl)c(OC)c2)s1. The summed E-state index contributed by atoms with van der Waals surface area (Å²) in [6, 6.07) is 5.44. The molecule has 0 amide bonds. The largest absolute Gasteiger partial charge is 0.495 e. The molecule has 1 aromatic carbocycles. The van der Waals surface area contributed by atoms with Crippen LogP contribution in [0.3, 0.4) is 0 Å². The van der Waals surface area contributed by atoms with Crippen molar-refractivity contribution in [3.05, 3.63) is 23.2 Å². The third-order valence-corrected chi connectivity index (χ3v) is 3.45. The summed E-state index contributed by atoms with van der Waals surface area (Å²) < 4.78 is 10.5. The van der Waals surface area contributed by atoms with Crippen LogP contribution in [0.4, 0.5) is 0 Å². The Labute approximate surface area is 120 Å². The van der Waals surface area contributed by atoms with Crippen molar-refractivity contribution < 1.29 is 9.47 Å². The number of hydrogen-bond donors (Lipinski definition) is 0. The van der Waals surface area contributed by atoms with E-state index in [0.717, 1.165) is 10.6 Å². The summed E-state index contributed by atoms with van der Waals surface area (Å²) in [5.74, 6) is 6.15. The number of nitrogens with zero attached hydrogens (tertiary/aromatic N) is 2. The first-order valence-electron chi connectivity index (χ1n) is 5.44. The standard InChI is InChI=1S/C13H11ClN2O2S/c1-3-4-7-18-13-16-15-12(19-13)9-5-6-10(14)11(8-9)17-2/h5-6,8H,7H2,1-2H3. The van der Waals surface area contributed by atoms with E-state index in [-0.39, 0.29) is 0 Å². The molecular weight excluding hydrogens is 284 g/mol. The van der Waals surface area contributed by atoms with E-state index in [1.807, 2.05) is 12.1 Å². The topological polar surface area (TPSA) is 44.2 Å². The fraction of sp³-hybridized carbons (Fsp3) is 0.231. The monoisotopic (exact) mass is 294 g/mol. The molecular formula is C13H11ClN2O2S. The molecule has 1 heterocycles. The van der Waals surface area contributed by atoms with E-state index >= 15 is 0 Å². The van der Waals surface area contributed by atoms with Crippen LogP contribution in [0.15, 0.2) is 18.2 Å². The van der Waals surface area contributed by atoms with Crippen LogP contribution in [0, 0.1) is 11.8 Å². The van der Waals surface area contributed by atoms with Crippen molar-refractivity contribution in [1.82, 2.24) is 10.2 Å². The van der Waals surface area contributed by atoms with E-state index in [9.17, 15) is 0 Å². The van der Waals surface area contributed by atoms with Gasteiger partial charge in [-0.3, -0.25) is 0 Å².